The molecule has 0 bridgehead atoms. The molecular formula is C25H21ClN2O3. The van der Waals surface area contributed by atoms with Crippen LogP contribution in [0, 0.1) is 13.8 Å². The Kier molecular flexibility index (Phi) is 5.78. The molecule has 0 aliphatic rings. The lowest BCUT2D eigenvalue weighted by atomic mass is 10.1. The van der Waals surface area contributed by atoms with Crippen LogP contribution in [0.4, 0.5) is 5.69 Å². The smallest absolute Gasteiger partial charge is 0.244 e. The van der Waals surface area contributed by atoms with Crippen LogP contribution in [-0.2, 0) is 11.3 Å². The van der Waals surface area contributed by atoms with Crippen LogP contribution in [0.1, 0.15) is 11.1 Å². The van der Waals surface area contributed by atoms with Crippen LogP contribution in [-0.4, -0.2) is 10.5 Å². The van der Waals surface area contributed by atoms with Gasteiger partial charge in [0.1, 0.15) is 12.3 Å². The molecule has 1 N–H and O–H groups in total. The van der Waals surface area contributed by atoms with E-state index in [1.165, 1.54) is 6.07 Å². The van der Waals surface area contributed by atoms with E-state index in [9.17, 15) is 9.59 Å². The molecule has 0 aliphatic heterocycles. The number of carbonyl (C=O) groups excluding carboxylic acids is 1. The number of nitrogens with zero attached hydrogens (tertiary/aromatic N) is 1. The fraction of sp³-hybridized carbons (Fsp3) is 0.120. The van der Waals surface area contributed by atoms with E-state index >= 15 is 0 Å². The largest absolute Gasteiger partial charge is 0.455 e. The van der Waals surface area contributed by atoms with Crippen LogP contribution >= 0.6 is 11.6 Å². The number of fused-ring (bicyclic) bond motifs is 1. The number of nitrogens with one attached hydrogen (secondary N) is 1. The Labute approximate surface area is 184 Å². The molecule has 31 heavy (non-hydrogen) atoms. The second-order valence-corrected chi connectivity index (χ2v) is 7.82. The van der Waals surface area contributed by atoms with Gasteiger partial charge in [-0.15, -0.1) is 0 Å². The number of hydrogen-bond acceptors (Lipinski definition) is 3. The number of benzene rings is 3. The standard InChI is InChI=1S/C25H21ClN2O3/c1-16-12-17(2)25-21(13-16)28(11-10-22(25)29)15-24(30)27-20-14-18(26)8-9-23(20)31-19-6-4-3-5-7-19/h3-14H,15H2,1-2H3,(H,27,30). The predicted molar refractivity (Wildman–Crippen MR) is 124 cm³/mol. The minimum atomic E-state index is -0.260. The molecule has 0 saturated heterocycles. The third-order valence-corrected chi connectivity index (χ3v) is 5.16. The first-order valence-electron chi connectivity index (χ1n) is 9.83. The Balaban J connectivity index is 1.62. The summed E-state index contributed by atoms with van der Waals surface area (Å²) in [6.45, 7) is 3.91. The topological polar surface area (TPSA) is 60.3 Å². The Morgan fingerprint density at radius 3 is 2.58 bits per heavy atom. The lowest BCUT2D eigenvalue weighted by Gasteiger charge is -2.15. The number of hydrogen-bond donors (Lipinski definition) is 1. The fourth-order valence-electron chi connectivity index (χ4n) is 3.60. The number of aryl methyl sites for hydroxylation is 2. The molecule has 0 atom stereocenters. The van der Waals surface area contributed by atoms with Gasteiger partial charge < -0.3 is 14.6 Å². The van der Waals surface area contributed by atoms with Crippen molar-refractivity contribution in [2.45, 2.75) is 20.4 Å². The van der Waals surface area contributed by atoms with Crippen LogP contribution < -0.4 is 15.5 Å². The van der Waals surface area contributed by atoms with E-state index in [0.29, 0.717) is 27.6 Å². The highest BCUT2D eigenvalue weighted by atomic mass is 35.5. The number of anilines is 1. The highest BCUT2D eigenvalue weighted by Crippen LogP contribution is 2.32. The highest BCUT2D eigenvalue weighted by molar-refractivity contribution is 6.31. The Morgan fingerprint density at radius 2 is 1.81 bits per heavy atom. The number of aromatic nitrogens is 1. The van der Waals surface area contributed by atoms with Gasteiger partial charge in [0.2, 0.25) is 5.91 Å². The molecule has 156 valence electrons. The maximum atomic E-state index is 12.9. The molecular weight excluding hydrogens is 412 g/mol. The summed E-state index contributed by atoms with van der Waals surface area (Å²) < 4.78 is 7.68. The van der Waals surface area contributed by atoms with Crippen LogP contribution in [0.5, 0.6) is 11.5 Å². The van der Waals surface area contributed by atoms with Crippen LogP contribution in [0.3, 0.4) is 0 Å². The quantitative estimate of drug-likeness (QED) is 0.440. The molecule has 1 aromatic heterocycles. The van der Waals surface area contributed by atoms with Crippen molar-refractivity contribution in [2.75, 3.05) is 5.32 Å². The van der Waals surface area contributed by atoms with Gasteiger partial charge in [-0.3, -0.25) is 9.59 Å². The van der Waals surface area contributed by atoms with Gasteiger partial charge >= 0.3 is 0 Å². The van der Waals surface area contributed by atoms with Gasteiger partial charge in [0.05, 0.1) is 11.2 Å². The predicted octanol–water partition coefficient (Wildman–Crippen LogP) is 5.70. The monoisotopic (exact) mass is 432 g/mol. The average molecular weight is 433 g/mol. The van der Waals surface area contributed by atoms with Gasteiger partial charge in [-0.1, -0.05) is 35.9 Å². The van der Waals surface area contributed by atoms with Gasteiger partial charge in [0.25, 0.3) is 0 Å². The zero-order valence-corrected chi connectivity index (χ0v) is 17.9. The number of halogens is 1. The molecule has 1 heterocycles. The van der Waals surface area contributed by atoms with Gasteiger partial charge in [-0.2, -0.15) is 0 Å². The van der Waals surface area contributed by atoms with Crippen LogP contribution in [0.15, 0.2) is 77.7 Å². The fourth-order valence-corrected chi connectivity index (χ4v) is 3.77. The lowest BCUT2D eigenvalue weighted by molar-refractivity contribution is -0.116. The van der Waals surface area contributed by atoms with Gasteiger partial charge in [0, 0.05) is 22.7 Å². The van der Waals surface area contributed by atoms with Crippen molar-refractivity contribution >= 4 is 34.1 Å². The molecule has 4 rings (SSSR count). The second kappa shape index (κ2) is 8.66. The number of carbonyl (C=O) groups is 1. The molecule has 0 unspecified atom stereocenters. The first-order chi connectivity index (χ1) is 14.9. The molecule has 0 aliphatic carbocycles. The van der Waals surface area contributed by atoms with Crippen molar-refractivity contribution in [3.05, 3.63) is 99.3 Å². The van der Waals surface area contributed by atoms with Gasteiger partial charge in [0.15, 0.2) is 11.2 Å². The molecule has 0 spiro atoms. The van der Waals surface area contributed by atoms with Crippen molar-refractivity contribution in [3.8, 4) is 11.5 Å². The minimum Gasteiger partial charge on any atom is -0.455 e. The minimum absolute atomic E-state index is 0.0387. The SMILES string of the molecule is Cc1cc(C)c2c(=O)ccn(CC(=O)Nc3cc(Cl)ccc3Oc3ccccc3)c2c1. The summed E-state index contributed by atoms with van der Waals surface area (Å²) in [7, 11) is 0. The molecule has 0 radical (unpaired) electrons. The Morgan fingerprint density at radius 1 is 1.03 bits per heavy atom. The summed E-state index contributed by atoms with van der Waals surface area (Å²) in [6.07, 6.45) is 1.64. The van der Waals surface area contributed by atoms with Crippen molar-refractivity contribution in [2.24, 2.45) is 0 Å². The number of pyridine rings is 1. The summed E-state index contributed by atoms with van der Waals surface area (Å²) in [5.41, 5.74) is 3.06. The van der Waals surface area contributed by atoms with E-state index in [2.05, 4.69) is 5.32 Å². The summed E-state index contributed by atoms with van der Waals surface area (Å²) >= 11 is 6.15. The van der Waals surface area contributed by atoms with Crippen LogP contribution in [0.2, 0.25) is 5.02 Å². The maximum absolute atomic E-state index is 12.9. The van der Waals surface area contributed by atoms with Crippen molar-refractivity contribution < 1.29 is 9.53 Å². The van der Waals surface area contributed by atoms with E-state index in [4.69, 9.17) is 16.3 Å². The molecule has 3 aromatic carbocycles. The molecule has 4 aromatic rings. The Hall–Kier alpha value is -3.57. The summed E-state index contributed by atoms with van der Waals surface area (Å²) in [5, 5.41) is 3.99. The molecule has 1 amide bonds. The summed E-state index contributed by atoms with van der Waals surface area (Å²) in [4.78, 5) is 25.2. The lowest BCUT2D eigenvalue weighted by Crippen LogP contribution is -2.21. The summed E-state index contributed by atoms with van der Waals surface area (Å²) in [5.74, 6) is 0.877. The number of rotatable bonds is 5. The van der Waals surface area contributed by atoms with Crippen LogP contribution in [0.25, 0.3) is 10.9 Å². The second-order valence-electron chi connectivity index (χ2n) is 7.39. The molecule has 0 saturated carbocycles. The summed E-state index contributed by atoms with van der Waals surface area (Å²) in [6, 6.07) is 19.7. The Bertz CT molecular complexity index is 1330. The third-order valence-electron chi connectivity index (χ3n) is 4.92. The van der Waals surface area contributed by atoms with Gasteiger partial charge in [-0.05, 0) is 61.4 Å². The maximum Gasteiger partial charge on any atom is 0.244 e. The van der Waals surface area contributed by atoms with E-state index in [-0.39, 0.29) is 17.9 Å². The zero-order valence-electron chi connectivity index (χ0n) is 17.2. The number of para-hydroxylation sites is 1. The number of amides is 1. The zero-order chi connectivity index (χ0) is 22.0. The third kappa shape index (κ3) is 4.62. The number of ether oxygens (including phenoxy) is 1. The van der Waals surface area contributed by atoms with E-state index in [1.54, 1.807) is 29.0 Å². The van der Waals surface area contributed by atoms with Crippen molar-refractivity contribution in [1.29, 1.82) is 0 Å². The molecule has 0 fully saturated rings. The first-order valence-corrected chi connectivity index (χ1v) is 10.2. The van der Waals surface area contributed by atoms with E-state index < -0.39 is 0 Å². The first kappa shape index (κ1) is 20.7. The molecule has 5 nitrogen and oxygen atoms in total. The van der Waals surface area contributed by atoms with Gasteiger partial charge in [-0.25, -0.2) is 0 Å². The van der Waals surface area contributed by atoms with E-state index in [0.717, 1.165) is 16.6 Å². The van der Waals surface area contributed by atoms with Crippen molar-refractivity contribution in [3.63, 3.8) is 0 Å². The normalized spacial score (nSPS) is 10.8. The highest BCUT2D eigenvalue weighted by Gasteiger charge is 2.13. The molecule has 6 heteroatoms. The van der Waals surface area contributed by atoms with E-state index in [1.807, 2.05) is 56.3 Å². The van der Waals surface area contributed by atoms with Crippen molar-refractivity contribution in [1.82, 2.24) is 4.57 Å². The average Bonchev–Trinajstić information content (AvgIpc) is 2.72.